The highest BCUT2D eigenvalue weighted by Crippen LogP contribution is 2.19. The van der Waals surface area contributed by atoms with Gasteiger partial charge >= 0.3 is 0 Å². The van der Waals surface area contributed by atoms with Crippen LogP contribution in [0.2, 0.25) is 0 Å². The molecule has 0 saturated heterocycles. The number of benzene rings is 3. The Bertz CT molecular complexity index is 1280. The van der Waals surface area contributed by atoms with Gasteiger partial charge in [-0.1, -0.05) is 18.2 Å². The SMILES string of the molecule is COc1cccc(NC(=O)COc2ccc(C(=O)NC(C)c3cccc(S(N)(=O)=O)c3)cc2)c1. The highest BCUT2D eigenvalue weighted by molar-refractivity contribution is 7.89. The lowest BCUT2D eigenvalue weighted by Gasteiger charge is -2.15. The number of carbonyl (C=O) groups is 2. The van der Waals surface area contributed by atoms with Crippen LogP contribution in [0.5, 0.6) is 11.5 Å². The Hall–Kier alpha value is -3.89. The van der Waals surface area contributed by atoms with Crippen molar-refractivity contribution in [1.29, 1.82) is 0 Å². The Labute approximate surface area is 197 Å². The van der Waals surface area contributed by atoms with Crippen LogP contribution in [0.1, 0.15) is 28.9 Å². The lowest BCUT2D eigenvalue weighted by Crippen LogP contribution is -2.27. The zero-order chi connectivity index (χ0) is 24.7. The number of carbonyl (C=O) groups excluding carboxylic acids is 2. The molecule has 9 nitrogen and oxygen atoms in total. The van der Waals surface area contributed by atoms with Gasteiger partial charge in [-0.05, 0) is 61.0 Å². The summed E-state index contributed by atoms with van der Waals surface area (Å²) in [5.41, 5.74) is 1.56. The summed E-state index contributed by atoms with van der Waals surface area (Å²) in [7, 11) is -2.30. The van der Waals surface area contributed by atoms with Crippen molar-refractivity contribution in [3.05, 3.63) is 83.9 Å². The second-order valence-electron chi connectivity index (χ2n) is 7.41. The van der Waals surface area contributed by atoms with Crippen molar-refractivity contribution in [3.63, 3.8) is 0 Å². The van der Waals surface area contributed by atoms with Crippen molar-refractivity contribution >= 4 is 27.5 Å². The second kappa shape index (κ2) is 10.8. The summed E-state index contributed by atoms with van der Waals surface area (Å²) in [5, 5.41) is 10.7. The predicted molar refractivity (Wildman–Crippen MR) is 127 cm³/mol. The fourth-order valence-electron chi connectivity index (χ4n) is 3.07. The van der Waals surface area contributed by atoms with E-state index in [2.05, 4.69) is 10.6 Å². The first-order valence-corrected chi connectivity index (χ1v) is 11.8. The number of methoxy groups -OCH3 is 1. The molecule has 0 aliphatic rings. The molecule has 0 radical (unpaired) electrons. The first-order valence-electron chi connectivity index (χ1n) is 10.3. The number of hydrogen-bond donors (Lipinski definition) is 3. The number of nitrogens with one attached hydrogen (secondary N) is 2. The summed E-state index contributed by atoms with van der Waals surface area (Å²) < 4.78 is 33.7. The molecule has 3 aromatic carbocycles. The van der Waals surface area contributed by atoms with Gasteiger partial charge in [0.25, 0.3) is 11.8 Å². The molecule has 3 rings (SSSR count). The van der Waals surface area contributed by atoms with E-state index < -0.39 is 16.1 Å². The standard InChI is InChI=1S/C24H25N3O6S/c1-16(18-5-3-8-22(13-18)34(25,30)31)26-24(29)17-9-11-20(12-10-17)33-15-23(28)27-19-6-4-7-21(14-19)32-2/h3-14,16H,15H2,1-2H3,(H,26,29)(H,27,28)(H2,25,30,31). The van der Waals surface area contributed by atoms with Crippen molar-refractivity contribution in [1.82, 2.24) is 5.32 Å². The molecular weight excluding hydrogens is 458 g/mol. The van der Waals surface area contributed by atoms with Gasteiger partial charge in [0.1, 0.15) is 11.5 Å². The first-order chi connectivity index (χ1) is 16.2. The molecule has 1 unspecified atom stereocenters. The third-order valence-electron chi connectivity index (χ3n) is 4.87. The van der Waals surface area contributed by atoms with E-state index in [-0.39, 0.29) is 23.3 Å². The smallest absolute Gasteiger partial charge is 0.262 e. The zero-order valence-electron chi connectivity index (χ0n) is 18.6. The third kappa shape index (κ3) is 6.80. The summed E-state index contributed by atoms with van der Waals surface area (Å²) in [4.78, 5) is 24.7. The normalized spacial score (nSPS) is 11.9. The molecule has 1 atom stereocenters. The van der Waals surface area contributed by atoms with Crippen molar-refractivity contribution in [2.45, 2.75) is 17.9 Å². The average molecular weight is 484 g/mol. The molecule has 0 aromatic heterocycles. The van der Waals surface area contributed by atoms with E-state index in [1.807, 2.05) is 0 Å². The van der Waals surface area contributed by atoms with Gasteiger partial charge in [0, 0.05) is 17.3 Å². The summed E-state index contributed by atoms with van der Waals surface area (Å²) in [5.74, 6) is 0.353. The molecule has 4 N–H and O–H groups in total. The van der Waals surface area contributed by atoms with Crippen LogP contribution in [0.25, 0.3) is 0 Å². The third-order valence-corrected chi connectivity index (χ3v) is 5.79. The van der Waals surface area contributed by atoms with Crippen LogP contribution < -0.4 is 25.2 Å². The van der Waals surface area contributed by atoms with E-state index >= 15 is 0 Å². The lowest BCUT2D eigenvalue weighted by atomic mass is 10.1. The lowest BCUT2D eigenvalue weighted by molar-refractivity contribution is -0.118. The van der Waals surface area contributed by atoms with Crippen LogP contribution in [-0.2, 0) is 14.8 Å². The monoisotopic (exact) mass is 483 g/mol. The van der Waals surface area contributed by atoms with Crippen LogP contribution in [0.15, 0.2) is 77.7 Å². The summed E-state index contributed by atoms with van der Waals surface area (Å²) in [6.45, 7) is 1.53. The molecule has 0 heterocycles. The van der Waals surface area contributed by atoms with Crippen LogP contribution in [0.4, 0.5) is 5.69 Å². The number of sulfonamides is 1. The van der Waals surface area contributed by atoms with Crippen LogP contribution >= 0.6 is 0 Å². The van der Waals surface area contributed by atoms with Crippen molar-refractivity contribution in [2.75, 3.05) is 19.0 Å². The van der Waals surface area contributed by atoms with Crippen molar-refractivity contribution in [3.8, 4) is 11.5 Å². The molecule has 34 heavy (non-hydrogen) atoms. The van der Waals surface area contributed by atoms with E-state index in [1.165, 1.54) is 12.1 Å². The minimum Gasteiger partial charge on any atom is -0.497 e. The molecule has 0 aliphatic carbocycles. The van der Waals surface area contributed by atoms with E-state index in [0.717, 1.165) is 0 Å². The highest BCUT2D eigenvalue weighted by Gasteiger charge is 2.15. The molecule has 10 heteroatoms. The van der Waals surface area contributed by atoms with Crippen LogP contribution in [0.3, 0.4) is 0 Å². The van der Waals surface area contributed by atoms with Crippen molar-refractivity contribution in [2.24, 2.45) is 5.14 Å². The van der Waals surface area contributed by atoms with Gasteiger partial charge in [-0.25, -0.2) is 13.6 Å². The Kier molecular flexibility index (Phi) is 7.87. The van der Waals surface area contributed by atoms with Crippen LogP contribution in [-0.4, -0.2) is 33.9 Å². The average Bonchev–Trinajstić information content (AvgIpc) is 2.82. The van der Waals surface area contributed by atoms with E-state index in [1.54, 1.807) is 74.7 Å². The van der Waals surface area contributed by atoms with E-state index in [0.29, 0.717) is 28.3 Å². The van der Waals surface area contributed by atoms with Crippen molar-refractivity contribution < 1.29 is 27.5 Å². The van der Waals surface area contributed by atoms with Gasteiger partial charge in [0.05, 0.1) is 18.0 Å². The summed E-state index contributed by atoms with van der Waals surface area (Å²) >= 11 is 0. The number of rotatable bonds is 9. The zero-order valence-corrected chi connectivity index (χ0v) is 19.5. The van der Waals surface area contributed by atoms with Crippen LogP contribution in [0, 0.1) is 0 Å². The minimum absolute atomic E-state index is 0.0250. The topological polar surface area (TPSA) is 137 Å². The van der Waals surface area contributed by atoms with Gasteiger partial charge in [0.15, 0.2) is 6.61 Å². The van der Waals surface area contributed by atoms with Gasteiger partial charge in [-0.2, -0.15) is 0 Å². The second-order valence-corrected chi connectivity index (χ2v) is 8.97. The van der Waals surface area contributed by atoms with Gasteiger partial charge in [-0.3, -0.25) is 9.59 Å². The van der Waals surface area contributed by atoms with Gasteiger partial charge < -0.3 is 20.1 Å². The summed E-state index contributed by atoms with van der Waals surface area (Å²) in [6, 6.07) is 18.9. The quantitative estimate of drug-likeness (QED) is 0.428. The molecule has 178 valence electrons. The van der Waals surface area contributed by atoms with E-state index in [4.69, 9.17) is 14.6 Å². The first kappa shape index (κ1) is 24.7. The molecule has 3 aromatic rings. The molecule has 0 fully saturated rings. The Morgan fingerprint density at radius 3 is 2.35 bits per heavy atom. The van der Waals surface area contributed by atoms with E-state index in [9.17, 15) is 18.0 Å². The van der Waals surface area contributed by atoms with Gasteiger partial charge in [0.2, 0.25) is 10.0 Å². The number of amides is 2. The summed E-state index contributed by atoms with van der Waals surface area (Å²) in [6.07, 6.45) is 0. The predicted octanol–water partition coefficient (Wildman–Crippen LogP) is 2.85. The molecular formula is C24H25N3O6S. The molecule has 0 aliphatic heterocycles. The largest absolute Gasteiger partial charge is 0.497 e. The molecule has 0 spiro atoms. The Balaban J connectivity index is 1.54. The molecule has 2 amide bonds. The van der Waals surface area contributed by atoms with Gasteiger partial charge in [-0.15, -0.1) is 0 Å². The minimum atomic E-state index is -3.84. The Morgan fingerprint density at radius 1 is 0.971 bits per heavy atom. The highest BCUT2D eigenvalue weighted by atomic mass is 32.2. The Morgan fingerprint density at radius 2 is 1.68 bits per heavy atom. The number of ether oxygens (including phenoxy) is 2. The maximum atomic E-state index is 12.6. The fraction of sp³-hybridized carbons (Fsp3) is 0.167. The number of anilines is 1. The molecule has 0 bridgehead atoms. The maximum absolute atomic E-state index is 12.6. The molecule has 0 saturated carbocycles. The maximum Gasteiger partial charge on any atom is 0.262 e. The number of nitrogens with two attached hydrogens (primary N) is 1. The number of primary sulfonamides is 1. The fourth-order valence-corrected chi connectivity index (χ4v) is 3.64. The number of hydrogen-bond acceptors (Lipinski definition) is 6.